The van der Waals surface area contributed by atoms with Crippen molar-refractivity contribution in [2.75, 3.05) is 19.0 Å². The number of aromatic nitrogens is 2. The monoisotopic (exact) mass is 456 g/mol. The molecule has 0 aliphatic carbocycles. The van der Waals surface area contributed by atoms with Crippen molar-refractivity contribution in [3.63, 3.8) is 0 Å². The van der Waals surface area contributed by atoms with Crippen LogP contribution in [0, 0.1) is 5.82 Å². The average molecular weight is 456 g/mol. The molecule has 1 aliphatic heterocycles. The predicted molar refractivity (Wildman–Crippen MR) is 117 cm³/mol. The highest BCUT2D eigenvalue weighted by molar-refractivity contribution is 7.99. The Bertz CT molecular complexity index is 1130. The van der Waals surface area contributed by atoms with E-state index in [1.54, 1.807) is 6.20 Å². The Kier molecular flexibility index (Phi) is 6.60. The summed E-state index contributed by atoms with van der Waals surface area (Å²) in [4.78, 5) is 28.6. The highest BCUT2D eigenvalue weighted by Crippen LogP contribution is 2.35. The number of halogens is 1. The van der Waals surface area contributed by atoms with Gasteiger partial charge >= 0.3 is 0 Å². The van der Waals surface area contributed by atoms with E-state index in [2.05, 4.69) is 15.8 Å². The van der Waals surface area contributed by atoms with E-state index < -0.39 is 17.6 Å². The van der Waals surface area contributed by atoms with Crippen LogP contribution in [0.2, 0.25) is 0 Å². The third-order valence-corrected chi connectivity index (χ3v) is 5.72. The lowest BCUT2D eigenvalue weighted by Crippen LogP contribution is -2.42. The largest absolute Gasteiger partial charge is 0.486 e. The summed E-state index contributed by atoms with van der Waals surface area (Å²) in [7, 11) is 0. The second-order valence-electron chi connectivity index (χ2n) is 6.83. The van der Waals surface area contributed by atoms with Gasteiger partial charge in [-0.25, -0.2) is 9.37 Å². The molecule has 8 nitrogen and oxygen atoms in total. The van der Waals surface area contributed by atoms with Crippen molar-refractivity contribution in [2.45, 2.75) is 18.6 Å². The van der Waals surface area contributed by atoms with Gasteiger partial charge < -0.3 is 14.0 Å². The van der Waals surface area contributed by atoms with Gasteiger partial charge in [-0.3, -0.25) is 20.4 Å². The maximum absolute atomic E-state index is 12.9. The van der Waals surface area contributed by atoms with Gasteiger partial charge in [0.25, 0.3) is 5.91 Å². The van der Waals surface area contributed by atoms with Crippen molar-refractivity contribution in [3.8, 4) is 22.8 Å². The van der Waals surface area contributed by atoms with Crippen LogP contribution in [0.1, 0.15) is 17.3 Å². The number of rotatable bonds is 6. The minimum atomic E-state index is -0.528. The summed E-state index contributed by atoms with van der Waals surface area (Å²) in [5.74, 6) is 0.112. The number of nitrogens with one attached hydrogen (secondary N) is 2. The second-order valence-corrected chi connectivity index (χ2v) is 7.77. The zero-order valence-electron chi connectivity index (χ0n) is 17.3. The van der Waals surface area contributed by atoms with Crippen LogP contribution >= 0.6 is 11.8 Å². The molecule has 10 heteroatoms. The van der Waals surface area contributed by atoms with Gasteiger partial charge in [-0.15, -0.1) is 0 Å². The summed E-state index contributed by atoms with van der Waals surface area (Å²) in [5.41, 5.74) is 6.75. The summed E-state index contributed by atoms with van der Waals surface area (Å²) in [6.45, 7) is 3.70. The molecule has 4 rings (SSSR count). The van der Waals surface area contributed by atoms with E-state index in [-0.39, 0.29) is 11.3 Å². The van der Waals surface area contributed by atoms with E-state index in [0.29, 0.717) is 30.7 Å². The molecule has 32 heavy (non-hydrogen) atoms. The topological polar surface area (TPSA) is 94.5 Å². The number of hydrogen-bond donors (Lipinski definition) is 2. The van der Waals surface area contributed by atoms with Crippen LogP contribution in [0.15, 0.2) is 53.8 Å². The van der Waals surface area contributed by atoms with Crippen molar-refractivity contribution in [1.29, 1.82) is 0 Å². The lowest BCUT2D eigenvalue weighted by Gasteiger charge is -2.19. The molecule has 1 aromatic heterocycles. The molecule has 0 bridgehead atoms. The van der Waals surface area contributed by atoms with Crippen LogP contribution in [0.4, 0.5) is 4.39 Å². The fraction of sp³-hybridized carbons (Fsp3) is 0.227. The standard InChI is InChI=1S/C22H21FN4O4S/c1-2-27-17(15-5-8-18-19(11-15)31-10-9-30-18)12-24-22(27)32-13-20(28)25-26-21(29)14-3-6-16(23)7-4-14/h3-8,11-12H,2,9-10,13H2,1H3,(H,25,28)(H,26,29). The molecule has 0 unspecified atom stereocenters. The van der Waals surface area contributed by atoms with E-state index >= 15 is 0 Å². The third kappa shape index (κ3) is 4.86. The smallest absolute Gasteiger partial charge is 0.269 e. The van der Waals surface area contributed by atoms with Gasteiger partial charge in [0.05, 0.1) is 17.6 Å². The number of ether oxygens (including phenoxy) is 2. The van der Waals surface area contributed by atoms with E-state index in [1.165, 1.54) is 36.0 Å². The molecule has 0 saturated heterocycles. The molecular weight excluding hydrogens is 435 g/mol. The molecular formula is C22H21FN4O4S. The van der Waals surface area contributed by atoms with Gasteiger partial charge in [-0.1, -0.05) is 11.8 Å². The lowest BCUT2D eigenvalue weighted by molar-refractivity contribution is -0.119. The number of thioether (sulfide) groups is 1. The molecule has 2 aromatic carbocycles. The second kappa shape index (κ2) is 9.73. The molecule has 0 spiro atoms. The molecule has 2 N–H and O–H groups in total. The maximum atomic E-state index is 12.9. The Labute approximate surface area is 188 Å². The number of hydrogen-bond acceptors (Lipinski definition) is 6. The fourth-order valence-electron chi connectivity index (χ4n) is 3.18. The Hall–Kier alpha value is -3.53. The zero-order chi connectivity index (χ0) is 22.5. The number of benzene rings is 2. The molecule has 166 valence electrons. The fourth-order valence-corrected chi connectivity index (χ4v) is 4.02. The number of hydrazine groups is 1. The van der Waals surface area contributed by atoms with Crippen LogP contribution in [0.25, 0.3) is 11.3 Å². The summed E-state index contributed by atoms with van der Waals surface area (Å²) in [5, 5.41) is 0.678. The van der Waals surface area contributed by atoms with Crippen LogP contribution in [-0.4, -0.2) is 40.3 Å². The maximum Gasteiger partial charge on any atom is 0.269 e. The predicted octanol–water partition coefficient (Wildman–Crippen LogP) is 3.03. The molecule has 1 aliphatic rings. The van der Waals surface area contributed by atoms with E-state index in [4.69, 9.17) is 9.47 Å². The van der Waals surface area contributed by atoms with Gasteiger partial charge in [0, 0.05) is 17.7 Å². The normalized spacial score (nSPS) is 12.3. The zero-order valence-corrected chi connectivity index (χ0v) is 18.1. The van der Waals surface area contributed by atoms with Crippen LogP contribution in [0.5, 0.6) is 11.5 Å². The van der Waals surface area contributed by atoms with E-state index in [0.717, 1.165) is 17.0 Å². The summed E-state index contributed by atoms with van der Waals surface area (Å²) < 4.78 is 26.2. The van der Waals surface area contributed by atoms with Crippen molar-refractivity contribution in [1.82, 2.24) is 20.4 Å². The number of amides is 2. The Morgan fingerprint density at radius 2 is 1.84 bits per heavy atom. The summed E-state index contributed by atoms with van der Waals surface area (Å²) in [6.07, 6.45) is 1.76. The molecule has 0 fully saturated rings. The first-order valence-corrected chi connectivity index (χ1v) is 11.0. The quantitative estimate of drug-likeness (QED) is 0.437. The number of imidazole rings is 1. The van der Waals surface area contributed by atoms with Crippen molar-refractivity contribution < 1.29 is 23.5 Å². The Morgan fingerprint density at radius 3 is 2.59 bits per heavy atom. The number of fused-ring (bicyclic) bond motifs is 1. The van der Waals surface area contributed by atoms with Crippen LogP contribution in [0.3, 0.4) is 0 Å². The lowest BCUT2D eigenvalue weighted by atomic mass is 10.1. The number of nitrogens with zero attached hydrogens (tertiary/aromatic N) is 2. The first kappa shape index (κ1) is 21.7. The van der Waals surface area contributed by atoms with Gasteiger partial charge in [0.15, 0.2) is 16.7 Å². The van der Waals surface area contributed by atoms with Gasteiger partial charge in [0.2, 0.25) is 5.91 Å². The van der Waals surface area contributed by atoms with Crippen molar-refractivity contribution in [2.24, 2.45) is 0 Å². The van der Waals surface area contributed by atoms with Crippen LogP contribution < -0.4 is 20.3 Å². The molecule has 2 heterocycles. The Morgan fingerprint density at radius 1 is 1.09 bits per heavy atom. The number of carbonyl (C=O) groups is 2. The Balaban J connectivity index is 1.36. The van der Waals surface area contributed by atoms with Crippen LogP contribution in [-0.2, 0) is 11.3 Å². The minimum absolute atomic E-state index is 0.0568. The van der Waals surface area contributed by atoms with Crippen molar-refractivity contribution >= 4 is 23.6 Å². The first-order valence-electron chi connectivity index (χ1n) is 9.98. The molecule has 0 atom stereocenters. The van der Waals surface area contributed by atoms with Gasteiger partial charge in [0.1, 0.15) is 19.0 Å². The van der Waals surface area contributed by atoms with Crippen molar-refractivity contribution in [3.05, 3.63) is 60.0 Å². The SMILES string of the molecule is CCn1c(-c2ccc3c(c2)OCCO3)cnc1SCC(=O)NNC(=O)c1ccc(F)cc1. The average Bonchev–Trinajstić information content (AvgIpc) is 3.24. The first-order chi connectivity index (χ1) is 15.5. The van der Waals surface area contributed by atoms with E-state index in [1.807, 2.05) is 29.7 Å². The molecule has 0 radical (unpaired) electrons. The minimum Gasteiger partial charge on any atom is -0.486 e. The molecule has 3 aromatic rings. The summed E-state index contributed by atoms with van der Waals surface area (Å²) in [6, 6.07) is 10.8. The summed E-state index contributed by atoms with van der Waals surface area (Å²) >= 11 is 1.26. The van der Waals surface area contributed by atoms with E-state index in [9.17, 15) is 14.0 Å². The van der Waals surface area contributed by atoms with Gasteiger partial charge in [-0.05, 0) is 49.4 Å². The third-order valence-electron chi connectivity index (χ3n) is 4.73. The number of carbonyl (C=O) groups excluding carboxylic acids is 2. The molecule has 2 amide bonds. The highest BCUT2D eigenvalue weighted by atomic mass is 32.2. The van der Waals surface area contributed by atoms with Gasteiger partial charge in [-0.2, -0.15) is 0 Å². The highest BCUT2D eigenvalue weighted by Gasteiger charge is 2.17. The molecule has 0 saturated carbocycles.